The first-order valence-electron chi connectivity index (χ1n) is 7.30. The van der Waals surface area contributed by atoms with Gasteiger partial charge in [0.15, 0.2) is 0 Å². The molecule has 1 amide bonds. The molecule has 1 fully saturated rings. The van der Waals surface area contributed by atoms with E-state index in [-0.39, 0.29) is 42.5 Å². The van der Waals surface area contributed by atoms with Gasteiger partial charge in [0, 0.05) is 11.6 Å². The predicted molar refractivity (Wildman–Crippen MR) is 87.9 cm³/mol. The van der Waals surface area contributed by atoms with E-state index < -0.39 is 0 Å². The number of hydrogen-bond donors (Lipinski definition) is 2. The number of anilines is 1. The molecule has 2 rings (SSSR count). The van der Waals surface area contributed by atoms with Gasteiger partial charge < -0.3 is 15.8 Å². The van der Waals surface area contributed by atoms with Crippen molar-refractivity contribution in [3.8, 4) is 0 Å². The van der Waals surface area contributed by atoms with Crippen molar-refractivity contribution < 1.29 is 14.3 Å². The Hall–Kier alpha value is -1.59. The summed E-state index contributed by atoms with van der Waals surface area (Å²) in [7, 11) is 1.36. The fraction of sp³-hybridized carbons (Fsp3) is 0.500. The highest BCUT2D eigenvalue weighted by Crippen LogP contribution is 2.31. The summed E-state index contributed by atoms with van der Waals surface area (Å²) in [6.07, 6.45) is 3.18. The highest BCUT2D eigenvalue weighted by molar-refractivity contribution is 5.93. The summed E-state index contributed by atoms with van der Waals surface area (Å²) in [5.41, 5.74) is 7.25. The molecule has 0 spiro atoms. The molecule has 122 valence electrons. The molecule has 1 aromatic rings. The first kappa shape index (κ1) is 18.5. The molecule has 1 aliphatic carbocycles. The molecule has 0 saturated heterocycles. The third-order valence-electron chi connectivity index (χ3n) is 4.07. The van der Waals surface area contributed by atoms with E-state index in [0.29, 0.717) is 12.2 Å². The van der Waals surface area contributed by atoms with Gasteiger partial charge in [-0.3, -0.25) is 9.59 Å². The molecule has 2 atom stereocenters. The summed E-state index contributed by atoms with van der Waals surface area (Å²) in [4.78, 5) is 23.6. The molecule has 0 aromatic heterocycles. The Morgan fingerprint density at radius 1 is 1.36 bits per heavy atom. The predicted octanol–water partition coefficient (Wildman–Crippen LogP) is 2.14. The molecule has 0 unspecified atom stereocenters. The van der Waals surface area contributed by atoms with E-state index in [1.807, 2.05) is 18.2 Å². The topological polar surface area (TPSA) is 81.4 Å². The van der Waals surface area contributed by atoms with Gasteiger partial charge in [-0.15, -0.1) is 12.4 Å². The minimum atomic E-state index is -0.294. The molecule has 0 aliphatic heterocycles. The number of carbonyl (C=O) groups is 2. The first-order chi connectivity index (χ1) is 10.1. The fourth-order valence-electron chi connectivity index (χ4n) is 2.90. The van der Waals surface area contributed by atoms with E-state index in [1.54, 1.807) is 6.07 Å². The van der Waals surface area contributed by atoms with Crippen LogP contribution in [0.5, 0.6) is 0 Å². The number of rotatable bonds is 5. The van der Waals surface area contributed by atoms with Crippen LogP contribution >= 0.6 is 12.4 Å². The second-order valence-electron chi connectivity index (χ2n) is 5.48. The molecule has 1 aromatic carbocycles. The molecule has 1 aliphatic rings. The van der Waals surface area contributed by atoms with Gasteiger partial charge >= 0.3 is 5.97 Å². The first-order valence-corrected chi connectivity index (χ1v) is 7.30. The number of nitrogens with two attached hydrogens (primary N) is 1. The molecule has 1 saturated carbocycles. The van der Waals surface area contributed by atoms with Crippen LogP contribution in [0, 0.1) is 11.8 Å². The fourth-order valence-corrected chi connectivity index (χ4v) is 2.90. The van der Waals surface area contributed by atoms with Gasteiger partial charge in [-0.1, -0.05) is 18.6 Å². The SMILES string of the molecule is COC(=O)Cc1cccc(NC(=O)[C@@H]2CCC[C@@H]2CN)c1.Cl. The Bertz CT molecular complexity index is 522. The van der Waals surface area contributed by atoms with Crippen LogP contribution in [0.3, 0.4) is 0 Å². The van der Waals surface area contributed by atoms with E-state index in [0.717, 1.165) is 24.8 Å². The number of ether oxygens (including phenoxy) is 1. The maximum atomic E-state index is 12.3. The zero-order chi connectivity index (χ0) is 15.2. The van der Waals surface area contributed by atoms with Gasteiger partial charge in [-0.25, -0.2) is 0 Å². The van der Waals surface area contributed by atoms with Crippen molar-refractivity contribution in [2.24, 2.45) is 17.6 Å². The van der Waals surface area contributed by atoms with Crippen LogP contribution in [0.15, 0.2) is 24.3 Å². The smallest absolute Gasteiger partial charge is 0.309 e. The standard InChI is InChI=1S/C16H22N2O3.ClH/c1-21-15(19)9-11-4-2-6-13(8-11)18-16(20)14-7-3-5-12(14)10-17;/h2,4,6,8,12,14H,3,5,7,9-10,17H2,1H3,(H,18,20);1H/t12-,14-;/m1./s1. The van der Waals surface area contributed by atoms with Crippen molar-refractivity contribution in [1.82, 2.24) is 0 Å². The number of esters is 1. The normalized spacial score (nSPS) is 20.1. The monoisotopic (exact) mass is 326 g/mol. The van der Waals surface area contributed by atoms with Crippen molar-refractivity contribution in [2.45, 2.75) is 25.7 Å². The van der Waals surface area contributed by atoms with E-state index in [4.69, 9.17) is 5.73 Å². The molecular formula is C16H23ClN2O3. The van der Waals surface area contributed by atoms with Gasteiger partial charge in [0.05, 0.1) is 13.5 Å². The van der Waals surface area contributed by atoms with Crippen LogP contribution in [-0.4, -0.2) is 25.5 Å². The van der Waals surface area contributed by atoms with Gasteiger partial charge in [0.1, 0.15) is 0 Å². The van der Waals surface area contributed by atoms with Crippen LogP contribution in [0.2, 0.25) is 0 Å². The zero-order valence-electron chi connectivity index (χ0n) is 12.7. The molecule has 6 heteroatoms. The summed E-state index contributed by atoms with van der Waals surface area (Å²) in [6, 6.07) is 7.29. The summed E-state index contributed by atoms with van der Waals surface area (Å²) < 4.78 is 4.64. The largest absolute Gasteiger partial charge is 0.469 e. The highest BCUT2D eigenvalue weighted by atomic mass is 35.5. The molecule has 3 N–H and O–H groups in total. The van der Waals surface area contributed by atoms with Crippen molar-refractivity contribution in [1.29, 1.82) is 0 Å². The number of benzene rings is 1. The van der Waals surface area contributed by atoms with Crippen molar-refractivity contribution in [3.63, 3.8) is 0 Å². The van der Waals surface area contributed by atoms with Crippen LogP contribution in [0.1, 0.15) is 24.8 Å². The minimum Gasteiger partial charge on any atom is -0.469 e. The van der Waals surface area contributed by atoms with E-state index >= 15 is 0 Å². The quantitative estimate of drug-likeness (QED) is 0.812. The molecule has 5 nitrogen and oxygen atoms in total. The maximum Gasteiger partial charge on any atom is 0.309 e. The number of methoxy groups -OCH3 is 1. The molecule has 0 radical (unpaired) electrons. The van der Waals surface area contributed by atoms with Crippen LogP contribution in [0.25, 0.3) is 0 Å². The minimum absolute atomic E-state index is 0. The molecule has 22 heavy (non-hydrogen) atoms. The summed E-state index contributed by atoms with van der Waals surface area (Å²) in [5.74, 6) is 0.0122. The average molecular weight is 327 g/mol. The Morgan fingerprint density at radius 3 is 2.82 bits per heavy atom. The second-order valence-corrected chi connectivity index (χ2v) is 5.48. The van der Waals surface area contributed by atoms with E-state index in [1.165, 1.54) is 7.11 Å². The van der Waals surface area contributed by atoms with Gasteiger partial charge in [-0.05, 0) is 43.0 Å². The number of nitrogens with one attached hydrogen (secondary N) is 1. The number of hydrogen-bond acceptors (Lipinski definition) is 4. The lowest BCUT2D eigenvalue weighted by Gasteiger charge is -2.17. The number of amides is 1. The summed E-state index contributed by atoms with van der Waals surface area (Å²) >= 11 is 0. The Morgan fingerprint density at radius 2 is 2.14 bits per heavy atom. The lowest BCUT2D eigenvalue weighted by molar-refractivity contribution is -0.139. The third-order valence-corrected chi connectivity index (χ3v) is 4.07. The Kier molecular flexibility index (Phi) is 7.35. The van der Waals surface area contributed by atoms with E-state index in [2.05, 4.69) is 10.1 Å². The molecule has 0 bridgehead atoms. The third kappa shape index (κ3) is 4.71. The van der Waals surface area contributed by atoms with Crippen molar-refractivity contribution in [3.05, 3.63) is 29.8 Å². The van der Waals surface area contributed by atoms with Crippen LogP contribution < -0.4 is 11.1 Å². The number of halogens is 1. The zero-order valence-corrected chi connectivity index (χ0v) is 13.5. The van der Waals surface area contributed by atoms with Crippen LogP contribution in [0.4, 0.5) is 5.69 Å². The van der Waals surface area contributed by atoms with Crippen LogP contribution in [-0.2, 0) is 20.7 Å². The maximum absolute atomic E-state index is 12.3. The average Bonchev–Trinajstić information content (AvgIpc) is 2.96. The Balaban J connectivity index is 0.00000242. The lowest BCUT2D eigenvalue weighted by atomic mass is 9.95. The lowest BCUT2D eigenvalue weighted by Crippen LogP contribution is -2.29. The Labute approximate surface area is 137 Å². The van der Waals surface area contributed by atoms with Gasteiger partial charge in [0.2, 0.25) is 5.91 Å². The summed E-state index contributed by atoms with van der Waals surface area (Å²) in [6.45, 7) is 0.556. The molecule has 0 heterocycles. The summed E-state index contributed by atoms with van der Waals surface area (Å²) in [5, 5.41) is 2.93. The second kappa shape index (κ2) is 8.76. The molecular weight excluding hydrogens is 304 g/mol. The number of carbonyl (C=O) groups excluding carboxylic acids is 2. The van der Waals surface area contributed by atoms with Crippen molar-refractivity contribution in [2.75, 3.05) is 19.0 Å². The van der Waals surface area contributed by atoms with E-state index in [9.17, 15) is 9.59 Å². The van der Waals surface area contributed by atoms with Gasteiger partial charge in [0.25, 0.3) is 0 Å². The van der Waals surface area contributed by atoms with Gasteiger partial charge in [-0.2, -0.15) is 0 Å². The highest BCUT2D eigenvalue weighted by Gasteiger charge is 2.31. The van der Waals surface area contributed by atoms with Crippen molar-refractivity contribution >= 4 is 30.0 Å².